The van der Waals surface area contributed by atoms with Gasteiger partial charge in [-0.2, -0.15) is 0 Å². The second-order valence-electron chi connectivity index (χ2n) is 8.97. The maximum atomic E-state index is 5.33. The van der Waals surface area contributed by atoms with E-state index in [4.69, 9.17) is 14.7 Å². The van der Waals surface area contributed by atoms with Crippen molar-refractivity contribution < 1.29 is 4.74 Å². The molecule has 0 unspecified atom stereocenters. The van der Waals surface area contributed by atoms with E-state index in [0.717, 1.165) is 60.6 Å². The molecule has 0 aliphatic carbocycles. The second kappa shape index (κ2) is 8.61. The van der Waals surface area contributed by atoms with E-state index in [0.29, 0.717) is 12.6 Å². The Hall–Kier alpha value is -2.28. The van der Waals surface area contributed by atoms with Gasteiger partial charge in [-0.1, -0.05) is 20.8 Å². The number of anilines is 2. The van der Waals surface area contributed by atoms with Crippen LogP contribution in [0, 0.1) is 13.8 Å². The Balaban J connectivity index is 1.74. The van der Waals surface area contributed by atoms with Crippen LogP contribution in [0.3, 0.4) is 0 Å². The van der Waals surface area contributed by atoms with Crippen LogP contribution in [-0.2, 0) is 16.8 Å². The Kier molecular flexibility index (Phi) is 6.36. The van der Waals surface area contributed by atoms with Crippen LogP contribution >= 0.6 is 0 Å². The number of nitrogens with zero attached hydrogens (tertiary/aromatic N) is 6. The molecule has 7 heteroatoms. The Morgan fingerprint density at radius 1 is 1.07 bits per heavy atom. The predicted molar refractivity (Wildman–Crippen MR) is 117 cm³/mol. The monoisotopic (exact) mass is 398 g/mol. The second-order valence-corrected chi connectivity index (χ2v) is 8.97. The summed E-state index contributed by atoms with van der Waals surface area (Å²) in [6, 6.07) is 4.57. The highest BCUT2D eigenvalue weighted by Gasteiger charge is 2.26. The van der Waals surface area contributed by atoms with Gasteiger partial charge in [-0.25, -0.2) is 19.9 Å². The third kappa shape index (κ3) is 5.21. The molecule has 0 N–H and O–H groups in total. The van der Waals surface area contributed by atoms with E-state index in [-0.39, 0.29) is 5.41 Å². The molecule has 0 spiro atoms. The number of rotatable bonds is 5. The number of hydrogen-bond acceptors (Lipinski definition) is 7. The van der Waals surface area contributed by atoms with Crippen molar-refractivity contribution in [2.75, 3.05) is 37.0 Å². The lowest BCUT2D eigenvalue weighted by Gasteiger charge is -2.38. The zero-order chi connectivity index (χ0) is 21.2. The number of piperidine rings is 1. The Labute approximate surface area is 174 Å². The molecule has 0 radical (unpaired) electrons. The molecule has 158 valence electrons. The van der Waals surface area contributed by atoms with Crippen molar-refractivity contribution in [2.45, 2.75) is 65.5 Å². The molecule has 3 heterocycles. The molecule has 1 aliphatic heterocycles. The first kappa shape index (κ1) is 21.4. The molecule has 2 aromatic heterocycles. The number of aromatic nitrogens is 4. The van der Waals surface area contributed by atoms with Crippen LogP contribution < -0.4 is 9.80 Å². The zero-order valence-corrected chi connectivity index (χ0v) is 18.9. The molecule has 0 atom stereocenters. The summed E-state index contributed by atoms with van der Waals surface area (Å²) in [7, 11) is 3.85. The van der Waals surface area contributed by atoms with Crippen LogP contribution in [0.1, 0.15) is 56.6 Å². The lowest BCUT2D eigenvalue weighted by Crippen LogP contribution is -2.44. The van der Waals surface area contributed by atoms with Gasteiger partial charge in [0.1, 0.15) is 23.3 Å². The SMILES string of the molecule is COCc1cc(N(C)C2CCN(c3cc(C)nc(C)n3)CC2)nc(C(C)(C)C)n1. The predicted octanol–water partition coefficient (Wildman–Crippen LogP) is 3.43. The summed E-state index contributed by atoms with van der Waals surface area (Å²) in [5.41, 5.74) is 1.84. The summed E-state index contributed by atoms with van der Waals surface area (Å²) in [5.74, 6) is 3.71. The van der Waals surface area contributed by atoms with Crippen LogP contribution in [0.25, 0.3) is 0 Å². The Morgan fingerprint density at radius 3 is 2.34 bits per heavy atom. The van der Waals surface area contributed by atoms with Gasteiger partial charge in [-0.15, -0.1) is 0 Å². The first-order valence-corrected chi connectivity index (χ1v) is 10.3. The van der Waals surface area contributed by atoms with Crippen LogP contribution in [0.4, 0.5) is 11.6 Å². The van der Waals surface area contributed by atoms with E-state index in [1.807, 2.05) is 13.8 Å². The minimum atomic E-state index is -0.106. The summed E-state index contributed by atoms with van der Waals surface area (Å²) in [6.45, 7) is 12.9. The maximum absolute atomic E-state index is 5.33. The average Bonchev–Trinajstić information content (AvgIpc) is 2.66. The van der Waals surface area contributed by atoms with E-state index in [1.165, 1.54) is 0 Å². The van der Waals surface area contributed by atoms with Crippen LogP contribution in [0.2, 0.25) is 0 Å². The van der Waals surface area contributed by atoms with Gasteiger partial charge >= 0.3 is 0 Å². The van der Waals surface area contributed by atoms with Gasteiger partial charge in [-0.3, -0.25) is 0 Å². The summed E-state index contributed by atoms with van der Waals surface area (Å²) in [4.78, 5) is 23.3. The highest BCUT2D eigenvalue weighted by atomic mass is 16.5. The van der Waals surface area contributed by atoms with E-state index in [9.17, 15) is 0 Å². The fourth-order valence-electron chi connectivity index (χ4n) is 3.75. The molecule has 0 aromatic carbocycles. The molecule has 2 aromatic rings. The molecule has 7 nitrogen and oxygen atoms in total. The van der Waals surface area contributed by atoms with Gasteiger partial charge in [0.15, 0.2) is 0 Å². The Bertz CT molecular complexity index is 819. The normalized spacial score (nSPS) is 15.6. The smallest absolute Gasteiger partial charge is 0.136 e. The summed E-state index contributed by atoms with van der Waals surface area (Å²) >= 11 is 0. The molecule has 1 aliphatic rings. The maximum Gasteiger partial charge on any atom is 0.136 e. The van der Waals surface area contributed by atoms with Gasteiger partial charge in [-0.05, 0) is 26.7 Å². The minimum Gasteiger partial charge on any atom is -0.378 e. The standard InChI is InChI=1S/C22H34N6O/c1-15-12-20(24-16(2)23-15)28-10-8-18(9-11-28)27(6)19-13-17(14-29-7)25-21(26-19)22(3,4)5/h12-13,18H,8-11,14H2,1-7H3. The lowest BCUT2D eigenvalue weighted by atomic mass is 9.95. The molecule has 0 saturated carbocycles. The van der Waals surface area contributed by atoms with Crippen LogP contribution in [0.5, 0.6) is 0 Å². The van der Waals surface area contributed by atoms with Crippen molar-refractivity contribution in [3.8, 4) is 0 Å². The summed E-state index contributed by atoms with van der Waals surface area (Å²) in [5, 5.41) is 0. The molecule has 1 saturated heterocycles. The van der Waals surface area contributed by atoms with Crippen molar-refractivity contribution in [2.24, 2.45) is 0 Å². The summed E-state index contributed by atoms with van der Waals surface area (Å²) < 4.78 is 5.33. The van der Waals surface area contributed by atoms with Gasteiger partial charge in [0.25, 0.3) is 0 Å². The highest BCUT2D eigenvalue weighted by Crippen LogP contribution is 2.27. The van der Waals surface area contributed by atoms with E-state index >= 15 is 0 Å². The number of methoxy groups -OCH3 is 1. The van der Waals surface area contributed by atoms with Crippen molar-refractivity contribution in [1.82, 2.24) is 19.9 Å². The molecular weight excluding hydrogens is 364 g/mol. The minimum absolute atomic E-state index is 0.106. The molecule has 29 heavy (non-hydrogen) atoms. The van der Waals surface area contributed by atoms with Crippen molar-refractivity contribution in [3.63, 3.8) is 0 Å². The molecule has 0 bridgehead atoms. The zero-order valence-electron chi connectivity index (χ0n) is 18.9. The van der Waals surface area contributed by atoms with E-state index < -0.39 is 0 Å². The fraction of sp³-hybridized carbons (Fsp3) is 0.636. The average molecular weight is 399 g/mol. The van der Waals surface area contributed by atoms with Gasteiger partial charge in [0, 0.05) is 56.5 Å². The van der Waals surface area contributed by atoms with Crippen molar-refractivity contribution in [1.29, 1.82) is 0 Å². The van der Waals surface area contributed by atoms with Crippen LogP contribution in [-0.4, -0.2) is 53.2 Å². The first-order chi connectivity index (χ1) is 13.7. The van der Waals surface area contributed by atoms with Crippen LogP contribution in [0.15, 0.2) is 12.1 Å². The molecule has 3 rings (SSSR count). The van der Waals surface area contributed by atoms with Gasteiger partial charge in [0.05, 0.1) is 12.3 Å². The van der Waals surface area contributed by atoms with E-state index in [1.54, 1.807) is 7.11 Å². The first-order valence-electron chi connectivity index (χ1n) is 10.3. The quantitative estimate of drug-likeness (QED) is 0.764. The third-order valence-electron chi connectivity index (χ3n) is 5.38. The largest absolute Gasteiger partial charge is 0.378 e. The lowest BCUT2D eigenvalue weighted by molar-refractivity contribution is 0.181. The van der Waals surface area contributed by atoms with Crippen molar-refractivity contribution in [3.05, 3.63) is 35.2 Å². The number of aryl methyl sites for hydroxylation is 2. The molecular formula is C22H34N6O. The Morgan fingerprint density at radius 2 is 1.76 bits per heavy atom. The van der Waals surface area contributed by atoms with E-state index in [2.05, 4.69) is 59.7 Å². The van der Waals surface area contributed by atoms with Gasteiger partial charge in [0.2, 0.25) is 0 Å². The number of ether oxygens (including phenoxy) is 1. The molecule has 1 fully saturated rings. The molecule has 0 amide bonds. The fourth-order valence-corrected chi connectivity index (χ4v) is 3.75. The third-order valence-corrected chi connectivity index (χ3v) is 5.38. The van der Waals surface area contributed by atoms with Crippen molar-refractivity contribution >= 4 is 11.6 Å². The van der Waals surface area contributed by atoms with Gasteiger partial charge < -0.3 is 14.5 Å². The topological polar surface area (TPSA) is 67.3 Å². The summed E-state index contributed by atoms with van der Waals surface area (Å²) in [6.07, 6.45) is 2.13. The number of hydrogen-bond donors (Lipinski definition) is 0. The highest BCUT2D eigenvalue weighted by molar-refractivity contribution is 5.44.